The van der Waals surface area contributed by atoms with E-state index in [9.17, 15) is 4.39 Å². The minimum absolute atomic E-state index is 0.263. The van der Waals surface area contributed by atoms with Crippen molar-refractivity contribution in [1.29, 1.82) is 0 Å². The van der Waals surface area contributed by atoms with E-state index in [0.29, 0.717) is 17.4 Å². The Bertz CT molecular complexity index is 888. The van der Waals surface area contributed by atoms with Crippen molar-refractivity contribution < 1.29 is 9.13 Å². The van der Waals surface area contributed by atoms with Gasteiger partial charge in [-0.05, 0) is 60.2 Å². The van der Waals surface area contributed by atoms with Crippen molar-refractivity contribution in [2.75, 3.05) is 10.6 Å². The first-order valence-corrected chi connectivity index (χ1v) is 8.68. The average Bonchev–Trinajstić information content (AvgIpc) is 2.64. The molecule has 3 nitrogen and oxygen atoms in total. The molecule has 0 fully saturated rings. The molecule has 26 heavy (non-hydrogen) atoms. The summed E-state index contributed by atoms with van der Waals surface area (Å²) in [5.74, 6) is 0.366. The van der Waals surface area contributed by atoms with Gasteiger partial charge < -0.3 is 15.4 Å². The van der Waals surface area contributed by atoms with Crippen LogP contribution < -0.4 is 15.4 Å². The second-order valence-corrected chi connectivity index (χ2v) is 6.32. The molecular formula is C20H16ClFN2OS. The van der Waals surface area contributed by atoms with Crippen molar-refractivity contribution in [2.24, 2.45) is 0 Å². The summed E-state index contributed by atoms with van der Waals surface area (Å²) < 4.78 is 18.8. The van der Waals surface area contributed by atoms with E-state index >= 15 is 0 Å². The predicted octanol–water partition coefficient (Wildman–Crippen LogP) is 5.87. The Balaban J connectivity index is 1.54. The first-order valence-electron chi connectivity index (χ1n) is 7.90. The van der Waals surface area contributed by atoms with Crippen LogP contribution in [0.15, 0.2) is 72.8 Å². The number of thiocarbonyl (C=S) groups is 1. The number of nitrogens with one attached hydrogen (secondary N) is 2. The molecule has 0 saturated carbocycles. The largest absolute Gasteiger partial charge is 0.489 e. The first kappa shape index (κ1) is 18.2. The lowest BCUT2D eigenvalue weighted by molar-refractivity contribution is 0.306. The molecule has 3 aromatic carbocycles. The number of rotatable bonds is 5. The van der Waals surface area contributed by atoms with Gasteiger partial charge in [-0.15, -0.1) is 0 Å². The quantitative estimate of drug-likeness (QED) is 0.537. The van der Waals surface area contributed by atoms with E-state index in [1.807, 2.05) is 54.6 Å². The molecule has 0 amide bonds. The average molecular weight is 387 g/mol. The lowest BCUT2D eigenvalue weighted by atomic mass is 10.2. The van der Waals surface area contributed by atoms with E-state index in [-0.39, 0.29) is 5.02 Å². The van der Waals surface area contributed by atoms with Crippen LogP contribution in [0.2, 0.25) is 5.02 Å². The Labute approximate surface area is 161 Å². The van der Waals surface area contributed by atoms with Gasteiger partial charge in [-0.3, -0.25) is 0 Å². The van der Waals surface area contributed by atoms with Crippen LogP contribution in [0.25, 0.3) is 0 Å². The highest BCUT2D eigenvalue weighted by molar-refractivity contribution is 7.80. The van der Waals surface area contributed by atoms with Crippen LogP contribution in [0, 0.1) is 5.82 Å². The first-order chi connectivity index (χ1) is 12.6. The van der Waals surface area contributed by atoms with Crippen molar-refractivity contribution in [3.05, 3.63) is 89.2 Å². The van der Waals surface area contributed by atoms with Crippen molar-refractivity contribution in [1.82, 2.24) is 0 Å². The topological polar surface area (TPSA) is 33.3 Å². The second kappa shape index (κ2) is 8.65. The molecule has 3 rings (SSSR count). The molecule has 0 aliphatic carbocycles. The normalized spacial score (nSPS) is 10.2. The molecule has 0 unspecified atom stereocenters. The number of anilines is 2. The second-order valence-electron chi connectivity index (χ2n) is 5.50. The van der Waals surface area contributed by atoms with Gasteiger partial charge in [0.15, 0.2) is 5.11 Å². The van der Waals surface area contributed by atoms with E-state index in [4.69, 9.17) is 28.6 Å². The van der Waals surface area contributed by atoms with Crippen LogP contribution in [0.3, 0.4) is 0 Å². The zero-order chi connectivity index (χ0) is 18.4. The fourth-order valence-electron chi connectivity index (χ4n) is 2.25. The van der Waals surface area contributed by atoms with Crippen molar-refractivity contribution in [3.8, 4) is 5.75 Å². The third-order valence-electron chi connectivity index (χ3n) is 3.54. The monoisotopic (exact) mass is 386 g/mol. The minimum Gasteiger partial charge on any atom is -0.489 e. The third-order valence-corrected chi connectivity index (χ3v) is 4.06. The fourth-order valence-corrected chi connectivity index (χ4v) is 2.69. The van der Waals surface area contributed by atoms with Gasteiger partial charge in [0.05, 0.1) is 10.7 Å². The number of ether oxygens (including phenoxy) is 1. The highest BCUT2D eigenvalue weighted by Crippen LogP contribution is 2.23. The number of hydrogen-bond donors (Lipinski definition) is 2. The van der Waals surface area contributed by atoms with Crippen LogP contribution >= 0.6 is 23.8 Å². The summed E-state index contributed by atoms with van der Waals surface area (Å²) in [6.45, 7) is 0.511. The molecular weight excluding hydrogens is 371 g/mol. The van der Waals surface area contributed by atoms with Crippen LogP contribution in [-0.2, 0) is 6.61 Å². The molecule has 0 atom stereocenters. The molecule has 0 heterocycles. The minimum atomic E-state index is -0.398. The van der Waals surface area contributed by atoms with E-state index in [1.165, 1.54) is 18.2 Å². The molecule has 132 valence electrons. The zero-order valence-electron chi connectivity index (χ0n) is 13.7. The van der Waals surface area contributed by atoms with Crippen LogP contribution in [0.4, 0.5) is 15.8 Å². The number of halogens is 2. The van der Waals surface area contributed by atoms with Gasteiger partial charge in [-0.1, -0.05) is 41.9 Å². The van der Waals surface area contributed by atoms with Crippen LogP contribution in [-0.4, -0.2) is 5.11 Å². The van der Waals surface area contributed by atoms with Gasteiger partial charge in [-0.25, -0.2) is 4.39 Å². The van der Waals surface area contributed by atoms with Crippen LogP contribution in [0.1, 0.15) is 5.56 Å². The Morgan fingerprint density at radius 1 is 0.962 bits per heavy atom. The fraction of sp³-hybridized carbons (Fsp3) is 0.0500. The van der Waals surface area contributed by atoms with Gasteiger partial charge in [0, 0.05) is 5.69 Å². The maximum absolute atomic E-state index is 13.1. The molecule has 0 spiro atoms. The van der Waals surface area contributed by atoms with Gasteiger partial charge >= 0.3 is 0 Å². The number of benzene rings is 3. The van der Waals surface area contributed by atoms with Gasteiger partial charge in [0.1, 0.15) is 18.2 Å². The summed E-state index contributed by atoms with van der Waals surface area (Å²) in [6, 6.07) is 21.5. The third kappa shape index (κ3) is 5.18. The van der Waals surface area contributed by atoms with Crippen molar-refractivity contribution in [2.45, 2.75) is 6.61 Å². The van der Waals surface area contributed by atoms with E-state index < -0.39 is 5.82 Å². The van der Waals surface area contributed by atoms with E-state index in [2.05, 4.69) is 10.6 Å². The summed E-state index contributed by atoms with van der Waals surface area (Å²) in [6.07, 6.45) is 0. The standard InChI is InChI=1S/C20H16ClFN2OS/c21-18-12-15(22)6-11-19(18)24-20(26)23-16-7-9-17(10-8-16)25-13-14-4-2-1-3-5-14/h1-12H,13H2,(H2,23,24,26). The molecule has 0 aromatic heterocycles. The van der Waals surface area contributed by atoms with E-state index in [0.717, 1.165) is 17.0 Å². The Kier molecular flexibility index (Phi) is 6.04. The molecule has 6 heteroatoms. The molecule has 2 N–H and O–H groups in total. The highest BCUT2D eigenvalue weighted by atomic mass is 35.5. The summed E-state index contributed by atoms with van der Waals surface area (Å²) >= 11 is 11.2. The van der Waals surface area contributed by atoms with Crippen LogP contribution in [0.5, 0.6) is 5.75 Å². The van der Waals surface area contributed by atoms with Gasteiger partial charge in [0.25, 0.3) is 0 Å². The van der Waals surface area contributed by atoms with Crippen molar-refractivity contribution >= 4 is 40.3 Å². The van der Waals surface area contributed by atoms with Gasteiger partial charge in [0.2, 0.25) is 0 Å². The molecule has 0 aliphatic heterocycles. The van der Waals surface area contributed by atoms with E-state index in [1.54, 1.807) is 0 Å². The maximum atomic E-state index is 13.1. The summed E-state index contributed by atoms with van der Waals surface area (Å²) in [4.78, 5) is 0. The molecule has 3 aromatic rings. The highest BCUT2D eigenvalue weighted by Gasteiger charge is 2.05. The smallest absolute Gasteiger partial charge is 0.175 e. The maximum Gasteiger partial charge on any atom is 0.175 e. The summed E-state index contributed by atoms with van der Waals surface area (Å²) in [5, 5.41) is 6.60. The molecule has 0 bridgehead atoms. The Morgan fingerprint density at radius 2 is 1.69 bits per heavy atom. The number of hydrogen-bond acceptors (Lipinski definition) is 2. The summed E-state index contributed by atoms with van der Waals surface area (Å²) in [7, 11) is 0. The lowest BCUT2D eigenvalue weighted by Gasteiger charge is -2.12. The zero-order valence-corrected chi connectivity index (χ0v) is 15.3. The Morgan fingerprint density at radius 3 is 2.38 bits per heavy atom. The Hall–Kier alpha value is -2.63. The predicted molar refractivity (Wildman–Crippen MR) is 108 cm³/mol. The molecule has 0 aliphatic rings. The molecule has 0 radical (unpaired) electrons. The molecule has 0 saturated heterocycles. The lowest BCUT2D eigenvalue weighted by Crippen LogP contribution is -2.19. The SMILES string of the molecule is Fc1ccc(NC(=S)Nc2ccc(OCc3ccccc3)cc2)c(Cl)c1. The van der Waals surface area contributed by atoms with Gasteiger partial charge in [-0.2, -0.15) is 0 Å². The summed E-state index contributed by atoms with van der Waals surface area (Å²) in [5.41, 5.74) is 2.44. The van der Waals surface area contributed by atoms with Crippen molar-refractivity contribution in [3.63, 3.8) is 0 Å².